The minimum absolute atomic E-state index is 0.0426. The number of hydrogen-bond acceptors (Lipinski definition) is 6. The highest BCUT2D eigenvalue weighted by Gasteiger charge is 2.35. The average Bonchev–Trinajstić information content (AvgIpc) is 3.45. The maximum atomic E-state index is 13.3. The minimum atomic E-state index is -3.95. The maximum absolute atomic E-state index is 13.3. The van der Waals surface area contributed by atoms with Crippen molar-refractivity contribution in [3.8, 4) is 11.3 Å². The molecule has 0 spiro atoms. The number of amides is 1. The standard InChI is InChI=1S/C26H24Cl2N6O3S/c27-21-2-1-3-23(24(21)28)38(36,37)33-16-6-4-15(5-7-16)22-12-19(20-13-29-32-25(20)31-22)26(35)30-17-10-11-34(14-17)18-8-9-18/h1-7,12-13,17-18,33H,8-11,14H2,(H,30,35)(H,29,31,32). The van der Waals surface area contributed by atoms with Gasteiger partial charge in [0.2, 0.25) is 0 Å². The van der Waals surface area contributed by atoms with Crippen molar-refractivity contribution in [2.24, 2.45) is 0 Å². The van der Waals surface area contributed by atoms with Gasteiger partial charge >= 0.3 is 0 Å². The molecular weight excluding hydrogens is 547 g/mol. The fourth-order valence-corrected chi connectivity index (χ4v) is 6.64. The van der Waals surface area contributed by atoms with E-state index in [0.717, 1.165) is 19.5 Å². The number of aromatic amines is 1. The van der Waals surface area contributed by atoms with Crippen LogP contribution in [0.1, 0.15) is 29.6 Å². The molecule has 2 aromatic heterocycles. The number of likely N-dealkylation sites (tertiary alicyclic amines) is 1. The first-order valence-corrected chi connectivity index (χ1v) is 14.5. The summed E-state index contributed by atoms with van der Waals surface area (Å²) in [5.74, 6) is -0.162. The fraction of sp³-hybridized carbons (Fsp3) is 0.269. The molecule has 3 heterocycles. The van der Waals surface area contributed by atoms with Crippen molar-refractivity contribution < 1.29 is 13.2 Å². The van der Waals surface area contributed by atoms with Crippen LogP contribution in [0.15, 0.2) is 59.6 Å². The number of H-pyrrole nitrogens is 1. The SMILES string of the molecule is O=C(NC1CCN(C2CC2)C1)c1cc(-c2ccc(NS(=O)(=O)c3cccc(Cl)c3Cl)cc2)nc2[nH]ncc12. The number of fused-ring (bicyclic) bond motifs is 1. The first-order chi connectivity index (χ1) is 18.3. The van der Waals surface area contributed by atoms with Gasteiger partial charge in [-0.15, -0.1) is 0 Å². The summed E-state index contributed by atoms with van der Waals surface area (Å²) in [4.78, 5) is 20.2. The molecule has 1 atom stereocenters. The summed E-state index contributed by atoms with van der Waals surface area (Å²) in [6.45, 7) is 1.89. The van der Waals surface area contributed by atoms with Crippen LogP contribution < -0.4 is 10.0 Å². The van der Waals surface area contributed by atoms with Crippen LogP contribution in [0.25, 0.3) is 22.3 Å². The number of nitrogens with zero attached hydrogens (tertiary/aromatic N) is 3. The van der Waals surface area contributed by atoms with Crippen molar-refractivity contribution >= 4 is 55.9 Å². The van der Waals surface area contributed by atoms with E-state index in [-0.39, 0.29) is 26.9 Å². The van der Waals surface area contributed by atoms with E-state index in [1.165, 1.54) is 31.0 Å². The molecule has 4 aromatic rings. The lowest BCUT2D eigenvalue weighted by atomic mass is 10.1. The molecule has 1 saturated heterocycles. The molecule has 6 rings (SSSR count). The molecule has 1 unspecified atom stereocenters. The van der Waals surface area contributed by atoms with Crippen molar-refractivity contribution in [3.63, 3.8) is 0 Å². The number of nitrogens with one attached hydrogen (secondary N) is 3. The lowest BCUT2D eigenvalue weighted by molar-refractivity contribution is 0.0939. The summed E-state index contributed by atoms with van der Waals surface area (Å²) in [6, 6.07) is 13.7. The molecule has 2 aromatic carbocycles. The average molecular weight is 571 g/mol. The monoisotopic (exact) mass is 570 g/mol. The van der Waals surface area contributed by atoms with Gasteiger partial charge in [-0.1, -0.05) is 41.4 Å². The Balaban J connectivity index is 1.23. The molecule has 1 amide bonds. The van der Waals surface area contributed by atoms with E-state index in [0.29, 0.717) is 39.6 Å². The summed E-state index contributed by atoms with van der Waals surface area (Å²) in [6.07, 6.45) is 5.04. The molecular formula is C26H24Cl2N6O3S. The van der Waals surface area contributed by atoms with E-state index in [1.807, 2.05) is 0 Å². The number of hydrogen-bond donors (Lipinski definition) is 3. The number of carbonyl (C=O) groups excluding carboxylic acids is 1. The van der Waals surface area contributed by atoms with Crippen LogP contribution in [-0.2, 0) is 10.0 Å². The smallest absolute Gasteiger partial charge is 0.263 e. The lowest BCUT2D eigenvalue weighted by Gasteiger charge is -2.16. The molecule has 196 valence electrons. The Bertz CT molecular complexity index is 1640. The molecule has 2 fully saturated rings. The third-order valence-electron chi connectivity index (χ3n) is 6.92. The minimum Gasteiger partial charge on any atom is -0.348 e. The lowest BCUT2D eigenvalue weighted by Crippen LogP contribution is -2.37. The Labute approximate surface area is 229 Å². The second-order valence-corrected chi connectivity index (χ2v) is 12.0. The Morgan fingerprint density at radius 2 is 1.87 bits per heavy atom. The topological polar surface area (TPSA) is 120 Å². The summed E-state index contributed by atoms with van der Waals surface area (Å²) >= 11 is 12.1. The molecule has 0 bridgehead atoms. The van der Waals surface area contributed by atoms with Crippen LogP contribution >= 0.6 is 23.2 Å². The highest BCUT2D eigenvalue weighted by atomic mass is 35.5. The summed E-state index contributed by atoms with van der Waals surface area (Å²) in [7, 11) is -3.95. The predicted molar refractivity (Wildman–Crippen MR) is 147 cm³/mol. The zero-order valence-corrected chi connectivity index (χ0v) is 22.4. The Hall–Kier alpha value is -3.18. The van der Waals surface area contributed by atoms with E-state index in [9.17, 15) is 13.2 Å². The number of pyridine rings is 1. The number of anilines is 1. The van der Waals surface area contributed by atoms with Gasteiger partial charge in [-0.2, -0.15) is 5.10 Å². The van der Waals surface area contributed by atoms with Gasteiger partial charge in [0.15, 0.2) is 5.65 Å². The summed E-state index contributed by atoms with van der Waals surface area (Å²) in [5, 5.41) is 10.9. The van der Waals surface area contributed by atoms with Gasteiger partial charge in [0.05, 0.1) is 32.9 Å². The summed E-state index contributed by atoms with van der Waals surface area (Å²) in [5.41, 5.74) is 2.60. The molecule has 1 aliphatic heterocycles. The van der Waals surface area contributed by atoms with E-state index in [2.05, 4.69) is 30.1 Å². The van der Waals surface area contributed by atoms with Gasteiger partial charge in [0.25, 0.3) is 15.9 Å². The number of rotatable bonds is 7. The van der Waals surface area contributed by atoms with Gasteiger partial charge in [-0.25, -0.2) is 13.4 Å². The largest absolute Gasteiger partial charge is 0.348 e. The van der Waals surface area contributed by atoms with Crippen LogP contribution in [0.5, 0.6) is 0 Å². The Kier molecular flexibility index (Phi) is 6.51. The summed E-state index contributed by atoms with van der Waals surface area (Å²) < 4.78 is 28.2. The van der Waals surface area contributed by atoms with Crippen LogP contribution in [0, 0.1) is 0 Å². The molecule has 12 heteroatoms. The number of aromatic nitrogens is 3. The van der Waals surface area contributed by atoms with Crippen LogP contribution in [-0.4, -0.2) is 59.6 Å². The van der Waals surface area contributed by atoms with Crippen LogP contribution in [0.3, 0.4) is 0 Å². The zero-order valence-electron chi connectivity index (χ0n) is 20.1. The zero-order chi connectivity index (χ0) is 26.4. The Morgan fingerprint density at radius 1 is 1.08 bits per heavy atom. The van der Waals surface area contributed by atoms with Crippen molar-refractivity contribution in [1.29, 1.82) is 0 Å². The molecule has 1 aliphatic carbocycles. The third-order valence-corrected chi connectivity index (χ3v) is 9.28. The molecule has 2 aliphatic rings. The highest BCUT2D eigenvalue weighted by Crippen LogP contribution is 2.32. The number of benzene rings is 2. The molecule has 1 saturated carbocycles. The quantitative estimate of drug-likeness (QED) is 0.296. The normalized spacial score (nSPS) is 18.1. The van der Waals surface area contributed by atoms with Gasteiger partial charge in [-0.05, 0) is 49.6 Å². The van der Waals surface area contributed by atoms with Gasteiger partial charge in [-0.3, -0.25) is 19.5 Å². The first-order valence-electron chi connectivity index (χ1n) is 12.2. The highest BCUT2D eigenvalue weighted by molar-refractivity contribution is 7.92. The molecule has 0 radical (unpaired) electrons. The van der Waals surface area contributed by atoms with E-state index in [4.69, 9.17) is 23.2 Å². The van der Waals surface area contributed by atoms with Crippen molar-refractivity contribution in [1.82, 2.24) is 25.4 Å². The predicted octanol–water partition coefficient (Wildman–Crippen LogP) is 4.70. The first kappa shape index (κ1) is 25.1. The van der Waals surface area contributed by atoms with Gasteiger partial charge in [0.1, 0.15) is 4.90 Å². The molecule has 38 heavy (non-hydrogen) atoms. The fourth-order valence-electron chi connectivity index (χ4n) is 4.81. The van der Waals surface area contributed by atoms with Crippen LogP contribution in [0.2, 0.25) is 10.0 Å². The maximum Gasteiger partial charge on any atom is 0.263 e. The molecule has 9 nitrogen and oxygen atoms in total. The second kappa shape index (κ2) is 9.85. The second-order valence-electron chi connectivity index (χ2n) is 9.61. The van der Waals surface area contributed by atoms with Gasteiger partial charge < -0.3 is 5.32 Å². The Morgan fingerprint density at radius 3 is 2.63 bits per heavy atom. The molecule has 3 N–H and O–H groups in total. The van der Waals surface area contributed by atoms with E-state index in [1.54, 1.807) is 36.5 Å². The van der Waals surface area contributed by atoms with Crippen molar-refractivity contribution in [3.05, 3.63) is 70.3 Å². The number of halogens is 2. The van der Waals surface area contributed by atoms with Crippen molar-refractivity contribution in [2.45, 2.75) is 36.2 Å². The third kappa shape index (κ3) is 4.96. The van der Waals surface area contributed by atoms with E-state index < -0.39 is 10.0 Å². The van der Waals surface area contributed by atoms with Gasteiger partial charge in [0, 0.05) is 36.4 Å². The van der Waals surface area contributed by atoms with E-state index >= 15 is 0 Å². The number of sulfonamides is 1. The number of carbonyl (C=O) groups is 1. The van der Waals surface area contributed by atoms with Crippen LogP contribution in [0.4, 0.5) is 5.69 Å². The van der Waals surface area contributed by atoms with Crippen molar-refractivity contribution in [2.75, 3.05) is 17.8 Å².